The first-order valence-corrected chi connectivity index (χ1v) is 6.33. The lowest BCUT2D eigenvalue weighted by molar-refractivity contribution is -0.126. The minimum absolute atomic E-state index is 0.111. The normalized spacial score (nSPS) is 15.0. The molecule has 0 spiro atoms. The van der Waals surface area contributed by atoms with Crippen LogP contribution in [-0.2, 0) is 4.79 Å². The van der Waals surface area contributed by atoms with Gasteiger partial charge in [-0.15, -0.1) is 0 Å². The van der Waals surface area contributed by atoms with Gasteiger partial charge in [0.15, 0.2) is 11.5 Å². The Morgan fingerprint density at radius 1 is 1.32 bits per heavy atom. The van der Waals surface area contributed by atoms with Gasteiger partial charge in [-0.25, -0.2) is 0 Å². The number of rotatable bonds is 6. The zero-order valence-electron chi connectivity index (χ0n) is 11.3. The van der Waals surface area contributed by atoms with Crippen molar-refractivity contribution in [1.82, 2.24) is 4.90 Å². The van der Waals surface area contributed by atoms with Gasteiger partial charge in [0.2, 0.25) is 5.91 Å². The van der Waals surface area contributed by atoms with Crippen LogP contribution in [0.25, 0.3) is 0 Å². The molecular weight excluding hydrogens is 246 g/mol. The van der Waals surface area contributed by atoms with E-state index in [1.54, 1.807) is 37.3 Å². The number of methoxy groups -OCH3 is 2. The summed E-state index contributed by atoms with van der Waals surface area (Å²) in [6, 6.07) is 5.28. The molecule has 104 valence electrons. The molecule has 1 heterocycles. The van der Waals surface area contributed by atoms with E-state index in [2.05, 4.69) is 0 Å². The fourth-order valence-corrected chi connectivity index (χ4v) is 1.94. The van der Waals surface area contributed by atoms with Crippen molar-refractivity contribution in [2.45, 2.75) is 18.9 Å². The molecule has 1 aromatic rings. The average molecular weight is 265 g/mol. The van der Waals surface area contributed by atoms with Gasteiger partial charge in [-0.3, -0.25) is 4.79 Å². The summed E-state index contributed by atoms with van der Waals surface area (Å²) in [6.07, 6.45) is 0.129. The molecule has 0 radical (unpaired) electrons. The number of aliphatic hydroxyl groups is 1. The maximum absolute atomic E-state index is 11.5. The molecule has 1 fully saturated rings. The number of hydrogen-bond acceptors (Lipinski definition) is 4. The van der Waals surface area contributed by atoms with Crippen molar-refractivity contribution in [3.05, 3.63) is 23.8 Å². The molecule has 1 aliphatic heterocycles. The Morgan fingerprint density at radius 2 is 2.00 bits per heavy atom. The molecule has 0 aliphatic carbocycles. The lowest BCUT2D eigenvalue weighted by atomic mass is 10.0. The van der Waals surface area contributed by atoms with Gasteiger partial charge in [-0.05, 0) is 24.1 Å². The highest BCUT2D eigenvalue weighted by atomic mass is 16.5. The number of carbonyl (C=O) groups excluding carboxylic acids is 1. The van der Waals surface area contributed by atoms with E-state index >= 15 is 0 Å². The fraction of sp³-hybridized carbons (Fsp3) is 0.500. The number of amides is 1. The predicted octanol–water partition coefficient (Wildman–Crippen LogP) is 1.36. The van der Waals surface area contributed by atoms with Crippen molar-refractivity contribution in [2.75, 3.05) is 27.3 Å². The van der Waals surface area contributed by atoms with E-state index in [1.807, 2.05) is 0 Å². The molecule has 1 aromatic carbocycles. The van der Waals surface area contributed by atoms with Crippen molar-refractivity contribution >= 4 is 5.91 Å². The SMILES string of the molecule is COc1ccc(C(O)CCC(=O)N2CC2)cc1OC. The first kappa shape index (κ1) is 13.7. The van der Waals surface area contributed by atoms with E-state index in [0.29, 0.717) is 24.3 Å². The summed E-state index contributed by atoms with van der Waals surface area (Å²) in [5.41, 5.74) is 0.733. The van der Waals surface area contributed by atoms with E-state index in [4.69, 9.17) is 9.47 Å². The van der Waals surface area contributed by atoms with Crippen molar-refractivity contribution < 1.29 is 19.4 Å². The molecule has 0 bridgehead atoms. The molecule has 5 heteroatoms. The zero-order valence-corrected chi connectivity index (χ0v) is 11.3. The Labute approximate surface area is 112 Å². The number of ether oxygens (including phenoxy) is 2. The molecule has 1 aliphatic rings. The molecule has 2 rings (SSSR count). The Morgan fingerprint density at radius 3 is 2.58 bits per heavy atom. The lowest BCUT2D eigenvalue weighted by Crippen LogP contribution is -2.11. The maximum Gasteiger partial charge on any atom is 0.222 e. The van der Waals surface area contributed by atoms with E-state index in [9.17, 15) is 9.90 Å². The van der Waals surface area contributed by atoms with Gasteiger partial charge in [0.05, 0.1) is 20.3 Å². The summed E-state index contributed by atoms with van der Waals surface area (Å²) in [7, 11) is 3.12. The third kappa shape index (κ3) is 3.38. The van der Waals surface area contributed by atoms with Crippen LogP contribution < -0.4 is 9.47 Å². The molecule has 1 atom stereocenters. The standard InChI is InChI=1S/C14H19NO4/c1-18-12-5-3-10(9-13(12)19-2)11(16)4-6-14(17)15-7-8-15/h3,5,9,11,16H,4,6-8H2,1-2H3. The highest BCUT2D eigenvalue weighted by Crippen LogP contribution is 2.31. The van der Waals surface area contributed by atoms with E-state index in [-0.39, 0.29) is 5.91 Å². The average Bonchev–Trinajstić information content (AvgIpc) is 3.28. The van der Waals surface area contributed by atoms with E-state index in [1.165, 1.54) is 0 Å². The zero-order chi connectivity index (χ0) is 13.8. The molecule has 5 nitrogen and oxygen atoms in total. The first-order valence-electron chi connectivity index (χ1n) is 6.33. The second-order valence-corrected chi connectivity index (χ2v) is 4.55. The van der Waals surface area contributed by atoms with Gasteiger partial charge in [-0.2, -0.15) is 0 Å². The Hall–Kier alpha value is -1.75. The summed E-state index contributed by atoms with van der Waals surface area (Å²) in [5, 5.41) is 10.1. The summed E-state index contributed by atoms with van der Waals surface area (Å²) in [6.45, 7) is 1.70. The molecule has 1 saturated heterocycles. The van der Waals surface area contributed by atoms with Crippen molar-refractivity contribution in [2.24, 2.45) is 0 Å². The Balaban J connectivity index is 1.97. The minimum atomic E-state index is -0.663. The fourth-order valence-electron chi connectivity index (χ4n) is 1.94. The van der Waals surface area contributed by atoms with Crippen LogP contribution in [0.4, 0.5) is 0 Å². The Kier molecular flexibility index (Phi) is 4.27. The maximum atomic E-state index is 11.5. The predicted molar refractivity (Wildman–Crippen MR) is 70.3 cm³/mol. The van der Waals surface area contributed by atoms with Crippen molar-refractivity contribution in [1.29, 1.82) is 0 Å². The second-order valence-electron chi connectivity index (χ2n) is 4.55. The van der Waals surface area contributed by atoms with Crippen LogP contribution in [0.15, 0.2) is 18.2 Å². The van der Waals surface area contributed by atoms with Crippen LogP contribution in [0.3, 0.4) is 0 Å². The summed E-state index contributed by atoms with van der Waals surface area (Å²) < 4.78 is 10.3. The Bertz CT molecular complexity index is 457. The van der Waals surface area contributed by atoms with Gasteiger partial charge >= 0.3 is 0 Å². The van der Waals surface area contributed by atoms with Gasteiger partial charge < -0.3 is 19.5 Å². The molecule has 1 amide bonds. The van der Waals surface area contributed by atoms with E-state index in [0.717, 1.165) is 18.7 Å². The highest BCUT2D eigenvalue weighted by molar-refractivity contribution is 5.78. The number of benzene rings is 1. The van der Waals surface area contributed by atoms with E-state index < -0.39 is 6.10 Å². The van der Waals surface area contributed by atoms with Crippen molar-refractivity contribution in [3.63, 3.8) is 0 Å². The molecule has 0 saturated carbocycles. The highest BCUT2D eigenvalue weighted by Gasteiger charge is 2.24. The lowest BCUT2D eigenvalue weighted by Gasteiger charge is -2.14. The first-order chi connectivity index (χ1) is 9.15. The molecule has 1 N–H and O–H groups in total. The second kappa shape index (κ2) is 5.93. The summed E-state index contributed by atoms with van der Waals surface area (Å²) in [4.78, 5) is 13.3. The van der Waals surface area contributed by atoms with Crippen molar-refractivity contribution in [3.8, 4) is 11.5 Å². The molecule has 19 heavy (non-hydrogen) atoms. The van der Waals surface area contributed by atoms with Crippen LogP contribution in [0, 0.1) is 0 Å². The smallest absolute Gasteiger partial charge is 0.222 e. The largest absolute Gasteiger partial charge is 0.493 e. The topological polar surface area (TPSA) is 58.8 Å². The summed E-state index contributed by atoms with van der Waals surface area (Å²) in [5.74, 6) is 1.31. The van der Waals surface area contributed by atoms with Gasteiger partial charge in [0.25, 0.3) is 0 Å². The molecular formula is C14H19NO4. The van der Waals surface area contributed by atoms with Crippen LogP contribution in [-0.4, -0.2) is 43.2 Å². The van der Waals surface area contributed by atoms with Gasteiger partial charge in [-0.1, -0.05) is 6.07 Å². The number of nitrogens with zero attached hydrogens (tertiary/aromatic N) is 1. The van der Waals surface area contributed by atoms with Crippen LogP contribution in [0.5, 0.6) is 11.5 Å². The van der Waals surface area contributed by atoms with Crippen LogP contribution in [0.1, 0.15) is 24.5 Å². The monoisotopic (exact) mass is 265 g/mol. The minimum Gasteiger partial charge on any atom is -0.493 e. The number of aliphatic hydroxyl groups excluding tert-OH is 1. The van der Waals surface area contributed by atoms with Gasteiger partial charge in [0, 0.05) is 19.5 Å². The third-order valence-corrected chi connectivity index (χ3v) is 3.22. The molecule has 0 aromatic heterocycles. The van der Waals surface area contributed by atoms with Crippen LogP contribution >= 0.6 is 0 Å². The number of hydrogen-bond donors (Lipinski definition) is 1. The summed E-state index contributed by atoms with van der Waals surface area (Å²) >= 11 is 0. The third-order valence-electron chi connectivity index (χ3n) is 3.22. The van der Waals surface area contributed by atoms with Gasteiger partial charge in [0.1, 0.15) is 0 Å². The quantitative estimate of drug-likeness (QED) is 0.789. The van der Waals surface area contributed by atoms with Crippen LogP contribution in [0.2, 0.25) is 0 Å². The number of carbonyl (C=O) groups is 1. The molecule has 1 unspecified atom stereocenters.